The fourth-order valence-corrected chi connectivity index (χ4v) is 3.74. The van der Waals surface area contributed by atoms with Crippen LogP contribution in [0.25, 0.3) is 11.5 Å². The lowest BCUT2D eigenvalue weighted by atomic mass is 9.96. The van der Waals surface area contributed by atoms with E-state index in [1.54, 1.807) is 16.2 Å². The standard InChI is InChI=1S/C18H24N4O3S/c1-12-15(21-18(25-12)14-4-8-26-11-14)9-16(23)22-7-2-3-13(10-22)17(24)20-6-5-19/h4,8,11,13H,2-3,5-7,9-10,19H2,1H3,(H,20,24). The van der Waals surface area contributed by atoms with Gasteiger partial charge in [0.15, 0.2) is 0 Å². The summed E-state index contributed by atoms with van der Waals surface area (Å²) >= 11 is 1.57. The number of nitrogens with two attached hydrogens (primary N) is 1. The summed E-state index contributed by atoms with van der Waals surface area (Å²) in [5, 5.41) is 6.74. The first-order valence-electron chi connectivity index (χ1n) is 8.83. The molecule has 0 radical (unpaired) electrons. The molecule has 1 unspecified atom stereocenters. The molecule has 1 aliphatic heterocycles. The number of aryl methyl sites for hydroxylation is 1. The molecule has 8 heteroatoms. The molecule has 7 nitrogen and oxygen atoms in total. The van der Waals surface area contributed by atoms with Gasteiger partial charge in [0.2, 0.25) is 17.7 Å². The fourth-order valence-electron chi connectivity index (χ4n) is 3.11. The quantitative estimate of drug-likeness (QED) is 0.797. The Bertz CT molecular complexity index is 757. The highest BCUT2D eigenvalue weighted by Gasteiger charge is 2.29. The lowest BCUT2D eigenvalue weighted by molar-refractivity contribution is -0.135. The van der Waals surface area contributed by atoms with Crippen LogP contribution in [0.3, 0.4) is 0 Å². The van der Waals surface area contributed by atoms with E-state index in [-0.39, 0.29) is 24.2 Å². The van der Waals surface area contributed by atoms with E-state index >= 15 is 0 Å². The number of carbonyl (C=O) groups is 2. The highest BCUT2D eigenvalue weighted by atomic mass is 32.1. The van der Waals surface area contributed by atoms with E-state index in [2.05, 4.69) is 10.3 Å². The van der Waals surface area contributed by atoms with E-state index in [1.807, 2.05) is 23.8 Å². The predicted molar refractivity (Wildman–Crippen MR) is 99.6 cm³/mol. The Balaban J connectivity index is 1.62. The van der Waals surface area contributed by atoms with Gasteiger partial charge >= 0.3 is 0 Å². The number of rotatable bonds is 6. The van der Waals surface area contributed by atoms with Crippen LogP contribution in [-0.2, 0) is 16.0 Å². The molecule has 3 rings (SSSR count). The molecule has 1 atom stereocenters. The number of likely N-dealkylation sites (tertiary alicyclic amines) is 1. The summed E-state index contributed by atoms with van der Waals surface area (Å²) in [6.07, 6.45) is 1.81. The van der Waals surface area contributed by atoms with Crippen LogP contribution in [0.1, 0.15) is 24.3 Å². The van der Waals surface area contributed by atoms with Gasteiger partial charge in [0.25, 0.3) is 0 Å². The van der Waals surface area contributed by atoms with Gasteiger partial charge in [0.1, 0.15) is 5.76 Å². The number of aromatic nitrogens is 1. The lowest BCUT2D eigenvalue weighted by Gasteiger charge is -2.32. The second kappa shape index (κ2) is 8.46. The average Bonchev–Trinajstić information content (AvgIpc) is 3.30. The van der Waals surface area contributed by atoms with Gasteiger partial charge in [-0.25, -0.2) is 4.98 Å². The van der Waals surface area contributed by atoms with E-state index < -0.39 is 0 Å². The minimum absolute atomic E-state index is 0.0189. The van der Waals surface area contributed by atoms with E-state index in [0.717, 1.165) is 18.4 Å². The number of oxazole rings is 1. The normalized spacial score (nSPS) is 17.3. The van der Waals surface area contributed by atoms with Gasteiger partial charge in [-0.2, -0.15) is 11.3 Å². The summed E-state index contributed by atoms with van der Waals surface area (Å²) in [4.78, 5) is 31.1. The zero-order chi connectivity index (χ0) is 18.5. The molecule has 1 aliphatic rings. The maximum absolute atomic E-state index is 12.7. The number of piperidine rings is 1. The molecule has 2 aromatic rings. The Morgan fingerprint density at radius 2 is 2.35 bits per heavy atom. The second-order valence-electron chi connectivity index (χ2n) is 6.47. The van der Waals surface area contributed by atoms with Crippen LogP contribution in [-0.4, -0.2) is 47.9 Å². The van der Waals surface area contributed by atoms with Crippen LogP contribution in [0.2, 0.25) is 0 Å². The predicted octanol–water partition coefficient (Wildman–Crippen LogP) is 1.57. The summed E-state index contributed by atoms with van der Waals surface area (Å²) in [5.41, 5.74) is 7.01. The smallest absolute Gasteiger partial charge is 0.228 e. The van der Waals surface area contributed by atoms with Gasteiger partial charge in [-0.1, -0.05) is 0 Å². The average molecular weight is 376 g/mol. The summed E-state index contributed by atoms with van der Waals surface area (Å²) in [5.74, 6) is 0.997. The van der Waals surface area contributed by atoms with Crippen molar-refractivity contribution in [3.05, 3.63) is 28.3 Å². The van der Waals surface area contributed by atoms with Crippen molar-refractivity contribution in [2.24, 2.45) is 11.7 Å². The van der Waals surface area contributed by atoms with E-state index in [1.165, 1.54) is 0 Å². The van der Waals surface area contributed by atoms with Crippen molar-refractivity contribution in [1.82, 2.24) is 15.2 Å². The Hall–Kier alpha value is -2.19. The van der Waals surface area contributed by atoms with Crippen molar-refractivity contribution >= 4 is 23.2 Å². The number of carbonyl (C=O) groups excluding carboxylic acids is 2. The molecule has 2 amide bonds. The topological polar surface area (TPSA) is 101 Å². The molecule has 26 heavy (non-hydrogen) atoms. The largest absolute Gasteiger partial charge is 0.441 e. The van der Waals surface area contributed by atoms with Crippen molar-refractivity contribution < 1.29 is 14.0 Å². The molecule has 0 aromatic carbocycles. The second-order valence-corrected chi connectivity index (χ2v) is 7.25. The molecule has 0 spiro atoms. The maximum atomic E-state index is 12.7. The molecule has 3 heterocycles. The van der Waals surface area contributed by atoms with Crippen molar-refractivity contribution in [2.45, 2.75) is 26.2 Å². The first-order valence-corrected chi connectivity index (χ1v) is 9.77. The zero-order valence-corrected chi connectivity index (χ0v) is 15.7. The summed E-state index contributed by atoms with van der Waals surface area (Å²) in [6, 6.07) is 1.94. The number of thiophene rings is 1. The first-order chi connectivity index (χ1) is 12.6. The van der Waals surface area contributed by atoms with Gasteiger partial charge in [0, 0.05) is 37.1 Å². The third-order valence-electron chi connectivity index (χ3n) is 4.57. The van der Waals surface area contributed by atoms with Crippen molar-refractivity contribution in [3.63, 3.8) is 0 Å². The molecular formula is C18H24N4O3S. The van der Waals surface area contributed by atoms with Crippen molar-refractivity contribution in [3.8, 4) is 11.5 Å². The molecule has 1 fully saturated rings. The number of amides is 2. The van der Waals surface area contributed by atoms with Gasteiger partial charge in [-0.3, -0.25) is 9.59 Å². The fraction of sp³-hybridized carbons (Fsp3) is 0.500. The van der Waals surface area contributed by atoms with Crippen LogP contribution < -0.4 is 11.1 Å². The molecular weight excluding hydrogens is 352 g/mol. The van der Waals surface area contributed by atoms with E-state index in [0.29, 0.717) is 43.5 Å². The maximum Gasteiger partial charge on any atom is 0.228 e. The minimum Gasteiger partial charge on any atom is -0.441 e. The lowest BCUT2D eigenvalue weighted by Crippen LogP contribution is -2.46. The van der Waals surface area contributed by atoms with Crippen molar-refractivity contribution in [2.75, 3.05) is 26.2 Å². The highest BCUT2D eigenvalue weighted by Crippen LogP contribution is 2.25. The third kappa shape index (κ3) is 4.31. The Kier molecular flexibility index (Phi) is 6.05. The summed E-state index contributed by atoms with van der Waals surface area (Å²) in [6.45, 7) is 3.83. The molecule has 1 saturated heterocycles. The number of nitrogens with zero attached hydrogens (tertiary/aromatic N) is 2. The Morgan fingerprint density at radius 1 is 1.50 bits per heavy atom. The summed E-state index contributed by atoms with van der Waals surface area (Å²) in [7, 11) is 0. The number of hydrogen-bond acceptors (Lipinski definition) is 6. The molecule has 140 valence electrons. The van der Waals surface area contributed by atoms with Crippen LogP contribution in [0.4, 0.5) is 0 Å². The third-order valence-corrected chi connectivity index (χ3v) is 5.25. The van der Waals surface area contributed by atoms with Gasteiger partial charge in [0.05, 0.1) is 18.0 Å². The van der Waals surface area contributed by atoms with Gasteiger partial charge < -0.3 is 20.4 Å². The van der Waals surface area contributed by atoms with Crippen LogP contribution >= 0.6 is 11.3 Å². The van der Waals surface area contributed by atoms with Crippen LogP contribution in [0.5, 0.6) is 0 Å². The minimum atomic E-state index is -0.168. The summed E-state index contributed by atoms with van der Waals surface area (Å²) < 4.78 is 5.70. The van der Waals surface area contributed by atoms with E-state index in [9.17, 15) is 9.59 Å². The first kappa shape index (κ1) is 18.6. The number of nitrogens with one attached hydrogen (secondary N) is 1. The molecule has 3 N–H and O–H groups in total. The Morgan fingerprint density at radius 3 is 3.08 bits per heavy atom. The monoisotopic (exact) mass is 376 g/mol. The van der Waals surface area contributed by atoms with E-state index in [4.69, 9.17) is 10.2 Å². The molecule has 2 aromatic heterocycles. The molecule has 0 saturated carbocycles. The molecule has 0 aliphatic carbocycles. The molecule has 0 bridgehead atoms. The van der Waals surface area contributed by atoms with Crippen molar-refractivity contribution in [1.29, 1.82) is 0 Å². The van der Waals surface area contributed by atoms with Gasteiger partial charge in [-0.15, -0.1) is 0 Å². The Labute approximate surface area is 156 Å². The number of hydrogen-bond donors (Lipinski definition) is 2. The van der Waals surface area contributed by atoms with Gasteiger partial charge in [-0.05, 0) is 31.2 Å². The van der Waals surface area contributed by atoms with Crippen LogP contribution in [0, 0.1) is 12.8 Å². The zero-order valence-electron chi connectivity index (χ0n) is 14.9. The van der Waals surface area contributed by atoms with Crippen LogP contribution in [0.15, 0.2) is 21.2 Å². The highest BCUT2D eigenvalue weighted by molar-refractivity contribution is 7.08. The SMILES string of the molecule is Cc1oc(-c2ccsc2)nc1CC(=O)N1CCCC(C(=O)NCCN)C1.